The number of carbonyl (C=O) groups excluding carboxylic acids is 1. The van der Waals surface area contributed by atoms with Gasteiger partial charge in [-0.15, -0.1) is 23.5 Å². The number of hydrogen-bond donors (Lipinski definition) is 1. The number of thioether (sulfide) groups is 2. The third-order valence-corrected chi connectivity index (χ3v) is 6.32. The summed E-state index contributed by atoms with van der Waals surface area (Å²) in [6.45, 7) is 0. The summed E-state index contributed by atoms with van der Waals surface area (Å²) >= 11 is 9.10. The van der Waals surface area contributed by atoms with Crippen molar-refractivity contribution in [2.45, 2.75) is 16.4 Å². The molecule has 0 unspecified atom stereocenters. The van der Waals surface area contributed by atoms with Gasteiger partial charge in [0.05, 0.1) is 5.75 Å². The number of amides is 1. The van der Waals surface area contributed by atoms with E-state index in [1.807, 2.05) is 42.5 Å². The minimum absolute atomic E-state index is 0.121. The van der Waals surface area contributed by atoms with Crippen molar-refractivity contribution in [3.05, 3.63) is 94.8 Å². The summed E-state index contributed by atoms with van der Waals surface area (Å²) in [5, 5.41) is 3.25. The van der Waals surface area contributed by atoms with E-state index in [2.05, 4.69) is 17.4 Å². The zero-order chi connectivity index (χ0) is 19.8. The van der Waals surface area contributed by atoms with Gasteiger partial charge in [0.1, 0.15) is 5.82 Å². The van der Waals surface area contributed by atoms with Gasteiger partial charge < -0.3 is 5.32 Å². The normalized spacial score (nSPS) is 10.6. The molecule has 3 rings (SSSR count). The number of halogens is 2. The second-order valence-electron chi connectivity index (χ2n) is 6.04. The van der Waals surface area contributed by atoms with E-state index in [4.69, 9.17) is 11.6 Å². The van der Waals surface area contributed by atoms with Crippen LogP contribution >= 0.6 is 35.1 Å². The minimum atomic E-state index is -0.343. The molecule has 0 heterocycles. The average Bonchev–Trinajstić information content (AvgIpc) is 2.70. The molecule has 0 saturated carbocycles. The van der Waals surface area contributed by atoms with E-state index in [1.54, 1.807) is 23.9 Å². The highest BCUT2D eigenvalue weighted by atomic mass is 35.5. The standard InChI is InChI=1S/C22H19ClFNOS2/c23-20-7-4-8-21(24)19(20)14-27-15-22(26)25-17-11-9-16(10-12-17)13-28-18-5-2-1-3-6-18/h1-12H,13-15H2,(H,25,26). The van der Waals surface area contributed by atoms with Crippen LogP contribution in [0.25, 0.3) is 0 Å². The van der Waals surface area contributed by atoms with Crippen molar-refractivity contribution in [1.29, 1.82) is 0 Å². The molecule has 0 radical (unpaired) electrons. The maximum atomic E-state index is 13.7. The Hall–Kier alpha value is -1.95. The van der Waals surface area contributed by atoms with Crippen molar-refractivity contribution in [2.75, 3.05) is 11.1 Å². The molecule has 144 valence electrons. The Morgan fingerprint density at radius 3 is 2.39 bits per heavy atom. The maximum absolute atomic E-state index is 13.7. The van der Waals surface area contributed by atoms with Gasteiger partial charge in [-0.3, -0.25) is 4.79 Å². The summed E-state index contributed by atoms with van der Waals surface area (Å²) in [6, 6.07) is 22.7. The van der Waals surface area contributed by atoms with E-state index in [9.17, 15) is 9.18 Å². The van der Waals surface area contributed by atoms with Crippen LogP contribution in [0.15, 0.2) is 77.7 Å². The first-order chi connectivity index (χ1) is 13.6. The highest BCUT2D eigenvalue weighted by Crippen LogP contribution is 2.25. The third-order valence-electron chi connectivity index (χ3n) is 3.93. The van der Waals surface area contributed by atoms with Crippen LogP contribution in [0.3, 0.4) is 0 Å². The quantitative estimate of drug-likeness (QED) is 0.405. The lowest BCUT2D eigenvalue weighted by atomic mass is 10.2. The monoisotopic (exact) mass is 431 g/mol. The van der Waals surface area contributed by atoms with Gasteiger partial charge in [0, 0.05) is 32.7 Å². The topological polar surface area (TPSA) is 29.1 Å². The van der Waals surface area contributed by atoms with Crippen LogP contribution in [0.4, 0.5) is 10.1 Å². The van der Waals surface area contributed by atoms with Gasteiger partial charge in [-0.25, -0.2) is 4.39 Å². The van der Waals surface area contributed by atoms with Crippen molar-refractivity contribution in [1.82, 2.24) is 0 Å². The summed E-state index contributed by atoms with van der Waals surface area (Å²) in [5.41, 5.74) is 2.38. The van der Waals surface area contributed by atoms with Gasteiger partial charge >= 0.3 is 0 Å². The van der Waals surface area contributed by atoms with Crippen LogP contribution in [0, 0.1) is 5.82 Å². The summed E-state index contributed by atoms with van der Waals surface area (Å²) < 4.78 is 13.7. The van der Waals surface area contributed by atoms with Crippen LogP contribution in [0.5, 0.6) is 0 Å². The summed E-state index contributed by atoms with van der Waals surface area (Å²) in [5.74, 6) is 0.996. The lowest BCUT2D eigenvalue weighted by molar-refractivity contribution is -0.113. The third kappa shape index (κ3) is 6.30. The molecular formula is C22H19ClFNOS2. The average molecular weight is 432 g/mol. The van der Waals surface area contributed by atoms with E-state index >= 15 is 0 Å². The van der Waals surface area contributed by atoms with Crippen molar-refractivity contribution < 1.29 is 9.18 Å². The Morgan fingerprint density at radius 1 is 0.929 bits per heavy atom. The Labute approximate surface area is 177 Å². The van der Waals surface area contributed by atoms with E-state index in [-0.39, 0.29) is 17.5 Å². The molecule has 1 amide bonds. The molecular weight excluding hydrogens is 413 g/mol. The van der Waals surface area contributed by atoms with Crippen molar-refractivity contribution in [3.8, 4) is 0 Å². The summed E-state index contributed by atoms with van der Waals surface area (Å²) in [7, 11) is 0. The van der Waals surface area contributed by atoms with Crippen LogP contribution in [0.1, 0.15) is 11.1 Å². The molecule has 0 aliphatic carbocycles. The second kappa shape index (κ2) is 10.6. The zero-order valence-electron chi connectivity index (χ0n) is 15.0. The summed E-state index contributed by atoms with van der Waals surface area (Å²) in [6.07, 6.45) is 0. The number of nitrogens with one attached hydrogen (secondary N) is 1. The fourth-order valence-electron chi connectivity index (χ4n) is 2.48. The smallest absolute Gasteiger partial charge is 0.234 e. The molecule has 28 heavy (non-hydrogen) atoms. The molecule has 0 atom stereocenters. The van der Waals surface area contributed by atoms with Crippen molar-refractivity contribution >= 4 is 46.7 Å². The molecule has 0 aromatic heterocycles. The zero-order valence-corrected chi connectivity index (χ0v) is 17.4. The molecule has 1 N–H and O–H groups in total. The Morgan fingerprint density at radius 2 is 1.68 bits per heavy atom. The van der Waals surface area contributed by atoms with Crippen LogP contribution < -0.4 is 5.32 Å². The molecule has 0 saturated heterocycles. The predicted molar refractivity (Wildman–Crippen MR) is 119 cm³/mol. The fourth-order valence-corrected chi connectivity index (χ4v) is 4.52. The van der Waals surface area contributed by atoms with Gasteiger partial charge in [0.15, 0.2) is 0 Å². The van der Waals surface area contributed by atoms with Crippen LogP contribution in [-0.4, -0.2) is 11.7 Å². The van der Waals surface area contributed by atoms with Crippen LogP contribution in [-0.2, 0) is 16.3 Å². The first-order valence-electron chi connectivity index (χ1n) is 8.69. The van der Waals surface area contributed by atoms with Crippen molar-refractivity contribution in [3.63, 3.8) is 0 Å². The SMILES string of the molecule is O=C(CSCc1c(F)cccc1Cl)Nc1ccc(CSc2ccccc2)cc1. The second-order valence-corrected chi connectivity index (χ2v) is 8.48. The van der Waals surface area contributed by atoms with Gasteiger partial charge in [0.25, 0.3) is 0 Å². The predicted octanol–water partition coefficient (Wildman–Crippen LogP) is 6.64. The van der Waals surface area contributed by atoms with Crippen LogP contribution in [0.2, 0.25) is 5.02 Å². The summed E-state index contributed by atoms with van der Waals surface area (Å²) in [4.78, 5) is 13.3. The van der Waals surface area contributed by atoms with Gasteiger partial charge in [-0.05, 0) is 42.0 Å². The number of anilines is 1. The van der Waals surface area contributed by atoms with E-state index in [0.717, 1.165) is 11.4 Å². The Kier molecular flexibility index (Phi) is 7.83. The Bertz CT molecular complexity index is 899. The van der Waals surface area contributed by atoms with Gasteiger partial charge in [-0.1, -0.05) is 48.0 Å². The molecule has 0 aliphatic heterocycles. The van der Waals surface area contributed by atoms with E-state index in [0.29, 0.717) is 16.3 Å². The number of hydrogen-bond acceptors (Lipinski definition) is 3. The molecule has 0 bridgehead atoms. The lowest BCUT2D eigenvalue weighted by Gasteiger charge is -2.08. The molecule has 6 heteroatoms. The molecule has 0 spiro atoms. The minimum Gasteiger partial charge on any atom is -0.325 e. The molecule has 0 aliphatic rings. The van der Waals surface area contributed by atoms with E-state index in [1.165, 1.54) is 28.3 Å². The Balaban J connectivity index is 1.44. The largest absolute Gasteiger partial charge is 0.325 e. The first-order valence-corrected chi connectivity index (χ1v) is 11.2. The van der Waals surface area contributed by atoms with Gasteiger partial charge in [-0.2, -0.15) is 0 Å². The number of rotatable bonds is 8. The lowest BCUT2D eigenvalue weighted by Crippen LogP contribution is -2.14. The van der Waals surface area contributed by atoms with Gasteiger partial charge in [0.2, 0.25) is 5.91 Å². The maximum Gasteiger partial charge on any atom is 0.234 e. The highest BCUT2D eigenvalue weighted by Gasteiger charge is 2.09. The number of carbonyl (C=O) groups is 1. The van der Waals surface area contributed by atoms with E-state index < -0.39 is 0 Å². The molecule has 3 aromatic carbocycles. The molecule has 3 aromatic rings. The number of benzene rings is 3. The van der Waals surface area contributed by atoms with Crippen molar-refractivity contribution in [2.24, 2.45) is 0 Å². The highest BCUT2D eigenvalue weighted by molar-refractivity contribution is 7.99. The fraction of sp³-hybridized carbons (Fsp3) is 0.136. The first kappa shape index (κ1) is 20.8. The molecule has 2 nitrogen and oxygen atoms in total. The molecule has 0 fully saturated rings.